The maximum Gasteiger partial charge on any atom is 0.490 e. The van der Waals surface area contributed by atoms with Crippen LogP contribution in [-0.4, -0.2) is 35.3 Å². The summed E-state index contributed by atoms with van der Waals surface area (Å²) in [5.74, 6) is -3.10. The van der Waals surface area contributed by atoms with Crippen LogP contribution in [-0.2, 0) is 9.53 Å². The Bertz CT molecular complexity index is 750. The molecule has 2 rings (SSSR count). The maximum atomic E-state index is 13.0. The van der Waals surface area contributed by atoms with Crippen LogP contribution in [0.3, 0.4) is 0 Å². The number of carbonyl (C=O) groups is 2. The van der Waals surface area contributed by atoms with Gasteiger partial charge in [-0.05, 0) is 30.3 Å². The summed E-state index contributed by atoms with van der Waals surface area (Å²) in [7, 11) is 1.31. The average molecular weight is 360 g/mol. The number of halogens is 4. The highest BCUT2D eigenvalue weighted by Gasteiger charge is 2.38. The number of anilines is 2. The number of nitrogens with one attached hydrogen (secondary N) is 1. The Morgan fingerprint density at radius 3 is 2.36 bits per heavy atom. The van der Waals surface area contributed by atoms with Gasteiger partial charge in [-0.3, -0.25) is 0 Å². The summed E-state index contributed by atoms with van der Waals surface area (Å²) in [6.07, 6.45) is -3.60. The molecule has 0 aliphatic carbocycles. The van der Waals surface area contributed by atoms with Crippen LogP contribution >= 0.6 is 0 Å². The summed E-state index contributed by atoms with van der Waals surface area (Å²) >= 11 is 0. The molecule has 0 bridgehead atoms. The zero-order chi connectivity index (χ0) is 19.0. The van der Waals surface area contributed by atoms with Gasteiger partial charge in [0.1, 0.15) is 11.6 Å². The van der Waals surface area contributed by atoms with Crippen LogP contribution in [0.2, 0.25) is 0 Å². The fourth-order valence-electron chi connectivity index (χ4n) is 1.46. The van der Waals surface area contributed by atoms with Crippen LogP contribution in [0.15, 0.2) is 42.6 Å². The number of ether oxygens (including phenoxy) is 1. The lowest BCUT2D eigenvalue weighted by Gasteiger charge is -2.06. The quantitative estimate of drug-likeness (QED) is 0.644. The van der Waals surface area contributed by atoms with E-state index in [1.807, 2.05) is 0 Å². The van der Waals surface area contributed by atoms with E-state index >= 15 is 0 Å². The van der Waals surface area contributed by atoms with Gasteiger partial charge in [0.05, 0.1) is 12.7 Å². The van der Waals surface area contributed by atoms with Crippen molar-refractivity contribution in [2.24, 2.45) is 0 Å². The largest absolute Gasteiger partial charge is 0.490 e. The number of hydrogen-bond donors (Lipinski definition) is 2. The zero-order valence-corrected chi connectivity index (χ0v) is 12.7. The fourth-order valence-corrected chi connectivity index (χ4v) is 1.46. The monoisotopic (exact) mass is 360 g/mol. The lowest BCUT2D eigenvalue weighted by molar-refractivity contribution is -0.192. The zero-order valence-electron chi connectivity index (χ0n) is 12.7. The van der Waals surface area contributed by atoms with Crippen molar-refractivity contribution in [2.45, 2.75) is 6.18 Å². The smallest absolute Gasteiger partial charge is 0.475 e. The molecule has 0 saturated carbocycles. The highest BCUT2D eigenvalue weighted by molar-refractivity contribution is 5.90. The third kappa shape index (κ3) is 6.85. The summed E-state index contributed by atoms with van der Waals surface area (Å²) in [4.78, 5) is 24.3. The molecular weight excluding hydrogens is 348 g/mol. The third-order valence-corrected chi connectivity index (χ3v) is 2.52. The normalized spacial score (nSPS) is 10.3. The van der Waals surface area contributed by atoms with Crippen LogP contribution in [0, 0.1) is 5.82 Å². The summed E-state index contributed by atoms with van der Waals surface area (Å²) in [6, 6.07) is 9.06. The molecule has 1 aromatic heterocycles. The van der Waals surface area contributed by atoms with Crippen molar-refractivity contribution in [3.63, 3.8) is 0 Å². The first-order valence-electron chi connectivity index (χ1n) is 6.50. The Balaban J connectivity index is 0.000000381. The first-order valence-corrected chi connectivity index (χ1v) is 6.50. The number of methoxy groups -OCH3 is 1. The lowest BCUT2D eigenvalue weighted by Crippen LogP contribution is -2.21. The molecule has 1 heterocycles. The number of pyridine rings is 1. The minimum atomic E-state index is -5.08. The van der Waals surface area contributed by atoms with Gasteiger partial charge in [-0.25, -0.2) is 19.0 Å². The van der Waals surface area contributed by atoms with Gasteiger partial charge in [-0.15, -0.1) is 0 Å². The van der Waals surface area contributed by atoms with Gasteiger partial charge in [-0.2, -0.15) is 13.2 Å². The SMILES string of the molecule is COC(=O)c1ccnc(Nc2cccc(F)c2)c1.O=C(O)C(F)(F)F. The first kappa shape index (κ1) is 19.9. The van der Waals surface area contributed by atoms with Crippen LogP contribution in [0.25, 0.3) is 0 Å². The molecule has 0 amide bonds. The molecule has 0 aliphatic heterocycles. The molecule has 0 atom stereocenters. The van der Waals surface area contributed by atoms with Gasteiger partial charge in [-0.1, -0.05) is 6.07 Å². The molecular formula is C15H12F4N2O4. The Morgan fingerprint density at radius 2 is 1.84 bits per heavy atom. The number of aromatic nitrogens is 1. The van der Waals surface area contributed by atoms with E-state index in [4.69, 9.17) is 9.90 Å². The molecule has 0 aliphatic rings. The number of rotatable bonds is 3. The number of carbonyl (C=O) groups excluding carboxylic acids is 1. The van der Waals surface area contributed by atoms with Crippen molar-refractivity contribution in [1.29, 1.82) is 0 Å². The Kier molecular flexibility index (Phi) is 6.85. The molecule has 10 heteroatoms. The number of hydrogen-bond acceptors (Lipinski definition) is 5. The van der Waals surface area contributed by atoms with Crippen LogP contribution in [0.5, 0.6) is 0 Å². The standard InChI is InChI=1S/C13H11FN2O2.C2HF3O2/c1-18-13(17)9-5-6-15-12(7-9)16-11-4-2-3-10(14)8-11;3-2(4,5)1(6)7/h2-8H,1H3,(H,15,16);(H,6,7). The van der Waals surface area contributed by atoms with Gasteiger partial charge in [0.25, 0.3) is 0 Å². The van der Waals surface area contributed by atoms with Crippen LogP contribution in [0.1, 0.15) is 10.4 Å². The van der Waals surface area contributed by atoms with E-state index in [0.717, 1.165) is 0 Å². The van der Waals surface area contributed by atoms with Crippen molar-refractivity contribution in [1.82, 2.24) is 4.98 Å². The molecule has 0 radical (unpaired) electrons. The number of carboxylic acids is 1. The minimum Gasteiger partial charge on any atom is -0.475 e. The van der Waals surface area contributed by atoms with Crippen molar-refractivity contribution in [3.05, 3.63) is 54.0 Å². The van der Waals surface area contributed by atoms with Gasteiger partial charge >= 0.3 is 18.1 Å². The second-order valence-electron chi connectivity index (χ2n) is 4.36. The summed E-state index contributed by atoms with van der Waals surface area (Å²) in [5.41, 5.74) is 0.941. The highest BCUT2D eigenvalue weighted by Crippen LogP contribution is 2.16. The molecule has 134 valence electrons. The minimum absolute atomic E-state index is 0.343. The lowest BCUT2D eigenvalue weighted by atomic mass is 10.2. The third-order valence-electron chi connectivity index (χ3n) is 2.52. The van der Waals surface area contributed by atoms with E-state index in [2.05, 4.69) is 15.0 Å². The Morgan fingerprint density at radius 1 is 1.20 bits per heavy atom. The van der Waals surface area contributed by atoms with E-state index in [-0.39, 0.29) is 5.82 Å². The molecule has 25 heavy (non-hydrogen) atoms. The van der Waals surface area contributed by atoms with Crippen molar-refractivity contribution < 1.29 is 37.0 Å². The summed E-state index contributed by atoms with van der Waals surface area (Å²) in [6.45, 7) is 0. The number of aliphatic carboxylic acids is 1. The van der Waals surface area contributed by atoms with Crippen LogP contribution in [0.4, 0.5) is 29.1 Å². The molecule has 0 unspecified atom stereocenters. The van der Waals surface area contributed by atoms with Gasteiger partial charge in [0.15, 0.2) is 0 Å². The maximum absolute atomic E-state index is 13.0. The number of esters is 1. The van der Waals surface area contributed by atoms with E-state index in [1.54, 1.807) is 18.2 Å². The van der Waals surface area contributed by atoms with Gasteiger partial charge in [0, 0.05) is 11.9 Å². The van der Waals surface area contributed by atoms with E-state index in [9.17, 15) is 22.4 Å². The first-order chi connectivity index (χ1) is 11.6. The Hall–Kier alpha value is -3.17. The number of alkyl halides is 3. The predicted octanol–water partition coefficient (Wildman–Crippen LogP) is 3.38. The van der Waals surface area contributed by atoms with E-state index in [0.29, 0.717) is 17.1 Å². The topological polar surface area (TPSA) is 88.5 Å². The number of benzene rings is 1. The van der Waals surface area contributed by atoms with Gasteiger partial charge in [0.2, 0.25) is 0 Å². The van der Waals surface area contributed by atoms with Gasteiger partial charge < -0.3 is 15.2 Å². The van der Waals surface area contributed by atoms with Crippen molar-refractivity contribution in [2.75, 3.05) is 12.4 Å². The number of carboxylic acid groups (broad SMARTS) is 1. The molecule has 2 N–H and O–H groups in total. The molecule has 0 fully saturated rings. The summed E-state index contributed by atoms with van der Waals surface area (Å²) in [5, 5.41) is 10.0. The summed E-state index contributed by atoms with van der Waals surface area (Å²) < 4.78 is 49.3. The molecule has 0 spiro atoms. The van der Waals surface area contributed by atoms with Crippen LogP contribution < -0.4 is 5.32 Å². The molecule has 0 saturated heterocycles. The van der Waals surface area contributed by atoms with Crippen molar-refractivity contribution >= 4 is 23.4 Å². The number of nitrogens with zero attached hydrogens (tertiary/aromatic N) is 1. The Labute approximate surface area is 139 Å². The molecule has 1 aromatic carbocycles. The average Bonchev–Trinajstić information content (AvgIpc) is 2.54. The second kappa shape index (κ2) is 8.62. The van der Waals surface area contributed by atoms with E-state index < -0.39 is 18.1 Å². The molecule has 6 nitrogen and oxygen atoms in total. The predicted molar refractivity (Wildman–Crippen MR) is 79.0 cm³/mol. The fraction of sp³-hybridized carbons (Fsp3) is 0.133. The van der Waals surface area contributed by atoms with Crippen molar-refractivity contribution in [3.8, 4) is 0 Å². The molecule has 2 aromatic rings. The second-order valence-corrected chi connectivity index (χ2v) is 4.36. The van der Waals surface area contributed by atoms with E-state index in [1.165, 1.54) is 31.5 Å². The highest BCUT2D eigenvalue weighted by atomic mass is 19.4.